The van der Waals surface area contributed by atoms with Crippen LogP contribution in [0.3, 0.4) is 0 Å². The van der Waals surface area contributed by atoms with Gasteiger partial charge in [0.05, 0.1) is 5.56 Å². The fourth-order valence-electron chi connectivity index (χ4n) is 3.06. The average Bonchev–Trinajstić information content (AvgIpc) is 2.95. The van der Waals surface area contributed by atoms with Crippen LogP contribution >= 0.6 is 11.3 Å². The zero-order chi connectivity index (χ0) is 18.9. The number of rotatable bonds is 1. The van der Waals surface area contributed by atoms with Crippen molar-refractivity contribution in [3.05, 3.63) is 45.7 Å². The number of aryl methyl sites for hydroxylation is 1. The third-order valence-corrected chi connectivity index (χ3v) is 5.38. The number of alkyl halides is 3. The predicted molar refractivity (Wildman–Crippen MR) is 94.4 cm³/mol. The maximum Gasteiger partial charge on any atom is 0.416 e. The van der Waals surface area contributed by atoms with E-state index in [4.69, 9.17) is 0 Å². The molecule has 2 heterocycles. The van der Waals surface area contributed by atoms with Crippen molar-refractivity contribution in [2.45, 2.75) is 45.3 Å². The van der Waals surface area contributed by atoms with Gasteiger partial charge in [0, 0.05) is 29.3 Å². The highest BCUT2D eigenvalue weighted by atomic mass is 32.1. The van der Waals surface area contributed by atoms with Gasteiger partial charge in [0.25, 0.3) is 0 Å². The molecular formula is C18H20F3N3OS. The summed E-state index contributed by atoms with van der Waals surface area (Å²) in [5.74, 6) is 0. The molecule has 0 spiro atoms. The molecular weight excluding hydrogens is 363 g/mol. The number of benzene rings is 1. The lowest BCUT2D eigenvalue weighted by Gasteiger charge is -2.31. The van der Waals surface area contributed by atoms with Crippen molar-refractivity contribution in [3.8, 4) is 5.69 Å². The Morgan fingerprint density at radius 3 is 2.54 bits per heavy atom. The molecule has 26 heavy (non-hydrogen) atoms. The lowest BCUT2D eigenvalue weighted by molar-refractivity contribution is -0.137. The van der Waals surface area contributed by atoms with Crippen molar-refractivity contribution in [1.82, 2.24) is 9.47 Å². The van der Waals surface area contributed by atoms with Crippen molar-refractivity contribution in [2.24, 2.45) is 4.99 Å². The number of amides is 2. The molecule has 2 aromatic rings. The summed E-state index contributed by atoms with van der Waals surface area (Å²) in [5.41, 5.74) is -0.161. The van der Waals surface area contributed by atoms with Crippen molar-refractivity contribution in [3.63, 3.8) is 0 Å². The number of thiazole rings is 1. The first-order valence-electron chi connectivity index (χ1n) is 8.48. The lowest BCUT2D eigenvalue weighted by atomic mass is 10.0. The van der Waals surface area contributed by atoms with Crippen LogP contribution in [0.2, 0.25) is 0 Å². The molecule has 0 saturated carbocycles. The SMILES string of the molecule is Cc1cn(-c2ccc(C(F)(F)F)cc2)/c(=N/C(=O)N2CCCCC2C)s1. The Kier molecular flexibility index (Phi) is 5.22. The van der Waals surface area contributed by atoms with E-state index >= 15 is 0 Å². The van der Waals surface area contributed by atoms with Crippen molar-refractivity contribution in [2.75, 3.05) is 6.54 Å². The number of halogens is 3. The zero-order valence-corrected chi connectivity index (χ0v) is 15.4. The quantitative estimate of drug-likeness (QED) is 0.700. The van der Waals surface area contributed by atoms with Crippen LogP contribution in [0, 0.1) is 6.92 Å². The topological polar surface area (TPSA) is 37.6 Å². The summed E-state index contributed by atoms with van der Waals surface area (Å²) in [4.78, 5) is 20.0. The fraction of sp³-hybridized carbons (Fsp3) is 0.444. The molecule has 1 aromatic heterocycles. The van der Waals surface area contributed by atoms with Gasteiger partial charge in [-0.05, 0) is 57.4 Å². The second kappa shape index (κ2) is 7.26. The van der Waals surface area contributed by atoms with E-state index in [1.165, 1.54) is 23.5 Å². The number of urea groups is 1. The highest BCUT2D eigenvalue weighted by molar-refractivity contribution is 7.09. The maximum atomic E-state index is 12.7. The first kappa shape index (κ1) is 18.7. The van der Waals surface area contributed by atoms with E-state index in [1.807, 2.05) is 13.8 Å². The van der Waals surface area contributed by atoms with Gasteiger partial charge in [0.1, 0.15) is 0 Å². The Bertz CT molecular complexity index is 852. The largest absolute Gasteiger partial charge is 0.416 e. The molecule has 0 N–H and O–H groups in total. The second-order valence-corrected chi connectivity index (χ2v) is 7.68. The van der Waals surface area contributed by atoms with Crippen LogP contribution in [-0.4, -0.2) is 28.1 Å². The smallest absolute Gasteiger partial charge is 0.320 e. The summed E-state index contributed by atoms with van der Waals surface area (Å²) >= 11 is 1.34. The zero-order valence-electron chi connectivity index (χ0n) is 14.6. The first-order chi connectivity index (χ1) is 12.3. The molecule has 140 valence electrons. The summed E-state index contributed by atoms with van der Waals surface area (Å²) in [6.45, 7) is 4.57. The standard InChI is InChI=1S/C18H20F3N3OS/c1-12-5-3-4-10-23(12)16(25)22-17-24(11-13(2)26-17)15-8-6-14(7-9-15)18(19,20)21/h6-9,11-12H,3-5,10H2,1-2H3/b22-17-. The minimum absolute atomic E-state index is 0.153. The van der Waals surface area contributed by atoms with E-state index in [9.17, 15) is 18.0 Å². The lowest BCUT2D eigenvalue weighted by Crippen LogP contribution is -2.41. The Hall–Kier alpha value is -2.09. The molecule has 1 saturated heterocycles. The van der Waals surface area contributed by atoms with Gasteiger partial charge >= 0.3 is 12.2 Å². The molecule has 1 atom stereocenters. The van der Waals surface area contributed by atoms with E-state index in [0.29, 0.717) is 17.0 Å². The van der Waals surface area contributed by atoms with Crippen molar-refractivity contribution < 1.29 is 18.0 Å². The summed E-state index contributed by atoms with van der Waals surface area (Å²) in [7, 11) is 0. The Morgan fingerprint density at radius 2 is 1.92 bits per heavy atom. The minimum atomic E-state index is -4.37. The van der Waals surface area contributed by atoms with E-state index in [1.54, 1.807) is 15.7 Å². The molecule has 1 fully saturated rings. The summed E-state index contributed by atoms with van der Waals surface area (Å²) in [6, 6.07) is 4.71. The van der Waals surface area contributed by atoms with E-state index < -0.39 is 11.7 Å². The average molecular weight is 383 g/mol. The molecule has 8 heteroatoms. The molecule has 1 aromatic carbocycles. The van der Waals surface area contributed by atoms with Gasteiger partial charge in [-0.2, -0.15) is 18.2 Å². The molecule has 4 nitrogen and oxygen atoms in total. The fourth-order valence-corrected chi connectivity index (χ4v) is 3.88. The Morgan fingerprint density at radius 1 is 1.23 bits per heavy atom. The maximum absolute atomic E-state index is 12.7. The Labute approximate surface area is 153 Å². The second-order valence-electron chi connectivity index (χ2n) is 6.47. The number of carbonyl (C=O) groups is 1. The van der Waals surface area contributed by atoms with Crippen molar-refractivity contribution >= 4 is 17.4 Å². The number of likely N-dealkylation sites (tertiary alicyclic amines) is 1. The number of hydrogen-bond acceptors (Lipinski definition) is 2. The summed E-state index contributed by atoms with van der Waals surface area (Å²) in [5, 5.41) is 0. The van der Waals surface area contributed by atoms with E-state index in [2.05, 4.69) is 4.99 Å². The monoisotopic (exact) mass is 383 g/mol. The molecule has 1 aliphatic heterocycles. The van der Waals surface area contributed by atoms with Crippen LogP contribution in [-0.2, 0) is 6.18 Å². The Balaban J connectivity index is 1.94. The highest BCUT2D eigenvalue weighted by Gasteiger charge is 2.30. The number of aromatic nitrogens is 1. The molecule has 2 amide bonds. The highest BCUT2D eigenvalue weighted by Crippen LogP contribution is 2.29. The normalized spacial score (nSPS) is 19.0. The van der Waals surface area contributed by atoms with Gasteiger partial charge in [-0.3, -0.25) is 4.57 Å². The molecule has 3 rings (SSSR count). The van der Waals surface area contributed by atoms with Crippen LogP contribution in [0.1, 0.15) is 36.6 Å². The molecule has 1 aliphatic rings. The van der Waals surface area contributed by atoms with Gasteiger partial charge in [0.2, 0.25) is 0 Å². The predicted octanol–water partition coefficient (Wildman–Crippen LogP) is 4.76. The third-order valence-electron chi connectivity index (χ3n) is 4.48. The van der Waals surface area contributed by atoms with Crippen LogP contribution in [0.4, 0.5) is 18.0 Å². The molecule has 0 aliphatic carbocycles. The van der Waals surface area contributed by atoms with Crippen LogP contribution in [0.15, 0.2) is 35.5 Å². The molecule has 0 radical (unpaired) electrons. The number of nitrogens with zero attached hydrogens (tertiary/aromatic N) is 3. The van der Waals surface area contributed by atoms with Crippen LogP contribution in [0.5, 0.6) is 0 Å². The van der Waals surface area contributed by atoms with Crippen molar-refractivity contribution in [1.29, 1.82) is 0 Å². The van der Waals surface area contributed by atoms with Crippen LogP contribution < -0.4 is 4.80 Å². The van der Waals surface area contributed by atoms with Gasteiger partial charge in [-0.25, -0.2) is 4.79 Å². The molecule has 1 unspecified atom stereocenters. The number of piperidine rings is 1. The van der Waals surface area contributed by atoms with Gasteiger partial charge in [-0.15, -0.1) is 11.3 Å². The minimum Gasteiger partial charge on any atom is -0.320 e. The summed E-state index contributed by atoms with van der Waals surface area (Å²) < 4.78 is 39.9. The van der Waals surface area contributed by atoms with Gasteiger partial charge in [0.15, 0.2) is 4.80 Å². The third kappa shape index (κ3) is 4.00. The van der Waals surface area contributed by atoms with Gasteiger partial charge < -0.3 is 4.90 Å². The van der Waals surface area contributed by atoms with E-state index in [0.717, 1.165) is 36.3 Å². The van der Waals surface area contributed by atoms with Crippen LogP contribution in [0.25, 0.3) is 5.69 Å². The van der Waals surface area contributed by atoms with Gasteiger partial charge in [-0.1, -0.05) is 0 Å². The molecule has 0 bridgehead atoms. The number of hydrogen-bond donors (Lipinski definition) is 0. The number of carbonyl (C=O) groups excluding carboxylic acids is 1. The van der Waals surface area contributed by atoms with E-state index in [-0.39, 0.29) is 12.1 Å². The first-order valence-corrected chi connectivity index (χ1v) is 9.29. The summed E-state index contributed by atoms with van der Waals surface area (Å²) in [6.07, 6.45) is 0.437.